The molecule has 4 heteroatoms. The Bertz CT molecular complexity index is 526. The molecular formula is C19H30N2O2. The molecule has 1 saturated heterocycles. The van der Waals surface area contributed by atoms with Crippen molar-refractivity contribution >= 4 is 11.8 Å². The van der Waals surface area contributed by atoms with Crippen LogP contribution in [0.4, 0.5) is 0 Å². The molecule has 1 atom stereocenters. The molecule has 0 bridgehead atoms. The summed E-state index contributed by atoms with van der Waals surface area (Å²) in [7, 11) is 0. The topological polar surface area (TPSA) is 49.4 Å². The zero-order valence-electron chi connectivity index (χ0n) is 14.9. The second-order valence-corrected chi connectivity index (χ2v) is 7.95. The van der Waals surface area contributed by atoms with E-state index in [2.05, 4.69) is 45.2 Å². The fourth-order valence-electron chi connectivity index (χ4n) is 3.23. The maximum atomic E-state index is 12.5. The molecule has 128 valence electrons. The summed E-state index contributed by atoms with van der Waals surface area (Å²) in [5.41, 5.74) is 2.50. The second kappa shape index (κ2) is 7.33. The van der Waals surface area contributed by atoms with Crippen LogP contribution in [0.3, 0.4) is 0 Å². The van der Waals surface area contributed by atoms with Gasteiger partial charge in [0.25, 0.3) is 0 Å². The van der Waals surface area contributed by atoms with Crippen LogP contribution >= 0.6 is 0 Å². The highest BCUT2D eigenvalue weighted by atomic mass is 16.2. The highest BCUT2D eigenvalue weighted by molar-refractivity contribution is 5.88. The Hall–Kier alpha value is -1.58. The highest BCUT2D eigenvalue weighted by Gasteiger charge is 2.35. The number of rotatable bonds is 4. The SMILES string of the molecule is CC1=C(CNC(=O)C2CCCN2C(=O)CC(C)(C)C)C=CCC1. The lowest BCUT2D eigenvalue weighted by Gasteiger charge is -2.27. The van der Waals surface area contributed by atoms with Crippen molar-refractivity contribution in [1.82, 2.24) is 10.2 Å². The van der Waals surface area contributed by atoms with Crippen LogP contribution in [0.1, 0.15) is 59.8 Å². The van der Waals surface area contributed by atoms with Crippen molar-refractivity contribution in [2.75, 3.05) is 13.1 Å². The molecule has 2 amide bonds. The average molecular weight is 318 g/mol. The van der Waals surface area contributed by atoms with Gasteiger partial charge in [-0.2, -0.15) is 0 Å². The number of carbonyl (C=O) groups excluding carboxylic acids is 2. The molecule has 1 heterocycles. The van der Waals surface area contributed by atoms with Gasteiger partial charge in [0, 0.05) is 19.5 Å². The Morgan fingerprint density at radius 1 is 1.35 bits per heavy atom. The molecule has 0 aromatic rings. The summed E-state index contributed by atoms with van der Waals surface area (Å²) in [6, 6.07) is -0.293. The van der Waals surface area contributed by atoms with Gasteiger partial charge in [0.15, 0.2) is 0 Å². The molecule has 23 heavy (non-hydrogen) atoms. The molecule has 4 nitrogen and oxygen atoms in total. The molecule has 0 saturated carbocycles. The molecule has 0 spiro atoms. The first-order valence-corrected chi connectivity index (χ1v) is 8.70. The van der Waals surface area contributed by atoms with Gasteiger partial charge < -0.3 is 10.2 Å². The number of amides is 2. The van der Waals surface area contributed by atoms with Crippen molar-refractivity contribution in [1.29, 1.82) is 0 Å². The number of hydrogen-bond acceptors (Lipinski definition) is 2. The molecule has 2 aliphatic rings. The van der Waals surface area contributed by atoms with E-state index >= 15 is 0 Å². The van der Waals surface area contributed by atoms with E-state index in [4.69, 9.17) is 0 Å². The van der Waals surface area contributed by atoms with Gasteiger partial charge in [-0.05, 0) is 43.6 Å². The van der Waals surface area contributed by atoms with Crippen molar-refractivity contribution in [3.63, 3.8) is 0 Å². The Balaban J connectivity index is 1.93. The Kier molecular flexibility index (Phi) is 5.66. The van der Waals surface area contributed by atoms with Crippen molar-refractivity contribution in [3.8, 4) is 0 Å². The standard InChI is InChI=1S/C19H30N2O2/c1-14-8-5-6-9-15(14)13-20-18(23)16-10-7-11-21(16)17(22)12-19(2,3)4/h6,9,16H,5,7-8,10-13H2,1-4H3,(H,20,23). The van der Waals surface area contributed by atoms with Crippen molar-refractivity contribution in [3.05, 3.63) is 23.3 Å². The van der Waals surface area contributed by atoms with E-state index in [0.717, 1.165) is 25.7 Å². The van der Waals surface area contributed by atoms with Crippen LogP contribution in [0.2, 0.25) is 0 Å². The smallest absolute Gasteiger partial charge is 0.243 e. The third-order valence-electron chi connectivity index (χ3n) is 4.56. The maximum Gasteiger partial charge on any atom is 0.243 e. The third-order valence-corrected chi connectivity index (χ3v) is 4.56. The van der Waals surface area contributed by atoms with Gasteiger partial charge >= 0.3 is 0 Å². The van der Waals surface area contributed by atoms with E-state index in [0.29, 0.717) is 19.5 Å². The monoisotopic (exact) mass is 318 g/mol. The van der Waals surface area contributed by atoms with E-state index in [1.807, 2.05) is 0 Å². The summed E-state index contributed by atoms with van der Waals surface area (Å²) >= 11 is 0. The average Bonchev–Trinajstić information content (AvgIpc) is 2.94. The van der Waals surface area contributed by atoms with E-state index in [1.54, 1.807) is 4.90 Å². The molecule has 1 aliphatic carbocycles. The van der Waals surface area contributed by atoms with Crippen LogP contribution in [-0.4, -0.2) is 35.8 Å². The Labute approximate surface area is 140 Å². The molecule has 0 aromatic carbocycles. The van der Waals surface area contributed by atoms with Gasteiger partial charge in [-0.1, -0.05) is 38.5 Å². The number of nitrogens with one attached hydrogen (secondary N) is 1. The number of nitrogens with zero attached hydrogens (tertiary/aromatic N) is 1. The second-order valence-electron chi connectivity index (χ2n) is 7.95. The van der Waals surface area contributed by atoms with Crippen LogP contribution < -0.4 is 5.32 Å². The fourth-order valence-corrected chi connectivity index (χ4v) is 3.23. The molecule has 1 fully saturated rings. The van der Waals surface area contributed by atoms with Crippen LogP contribution in [0, 0.1) is 5.41 Å². The number of allylic oxidation sites excluding steroid dienone is 2. The first-order valence-electron chi connectivity index (χ1n) is 8.70. The molecule has 0 radical (unpaired) electrons. The Morgan fingerprint density at radius 3 is 2.74 bits per heavy atom. The number of hydrogen-bond donors (Lipinski definition) is 1. The zero-order valence-corrected chi connectivity index (χ0v) is 14.9. The van der Waals surface area contributed by atoms with Crippen LogP contribution in [0.5, 0.6) is 0 Å². The molecule has 1 N–H and O–H groups in total. The maximum absolute atomic E-state index is 12.5. The summed E-state index contributed by atoms with van der Waals surface area (Å²) in [6.07, 6.45) is 8.59. The summed E-state index contributed by atoms with van der Waals surface area (Å²) in [4.78, 5) is 26.8. The lowest BCUT2D eigenvalue weighted by molar-refractivity contribution is -0.139. The quantitative estimate of drug-likeness (QED) is 0.865. The highest BCUT2D eigenvalue weighted by Crippen LogP contribution is 2.25. The number of likely N-dealkylation sites (tertiary alicyclic amines) is 1. The van der Waals surface area contributed by atoms with E-state index in [-0.39, 0.29) is 23.3 Å². The molecule has 0 aromatic heterocycles. The first kappa shape index (κ1) is 17.8. The molecule has 1 unspecified atom stereocenters. The minimum atomic E-state index is -0.293. The van der Waals surface area contributed by atoms with Crippen LogP contribution in [-0.2, 0) is 9.59 Å². The van der Waals surface area contributed by atoms with Gasteiger partial charge in [-0.3, -0.25) is 9.59 Å². The van der Waals surface area contributed by atoms with E-state index < -0.39 is 0 Å². The van der Waals surface area contributed by atoms with Gasteiger partial charge in [-0.25, -0.2) is 0 Å². The molecule has 2 rings (SSSR count). The zero-order chi connectivity index (χ0) is 17.0. The van der Waals surface area contributed by atoms with Gasteiger partial charge in [0.1, 0.15) is 6.04 Å². The van der Waals surface area contributed by atoms with Gasteiger partial charge in [0.2, 0.25) is 11.8 Å². The lowest BCUT2D eigenvalue weighted by Crippen LogP contribution is -2.47. The molecule has 1 aliphatic heterocycles. The van der Waals surface area contributed by atoms with E-state index in [1.165, 1.54) is 11.1 Å². The minimum absolute atomic E-state index is 0.0102. The first-order chi connectivity index (χ1) is 10.8. The van der Waals surface area contributed by atoms with Crippen molar-refractivity contribution in [2.24, 2.45) is 5.41 Å². The summed E-state index contributed by atoms with van der Waals surface area (Å²) in [5, 5.41) is 3.03. The number of carbonyl (C=O) groups is 2. The van der Waals surface area contributed by atoms with Gasteiger partial charge in [-0.15, -0.1) is 0 Å². The molecular weight excluding hydrogens is 288 g/mol. The summed E-state index contributed by atoms with van der Waals surface area (Å²) < 4.78 is 0. The third kappa shape index (κ3) is 4.95. The summed E-state index contributed by atoms with van der Waals surface area (Å²) in [5.74, 6) is 0.0899. The fraction of sp³-hybridized carbons (Fsp3) is 0.684. The predicted molar refractivity (Wildman–Crippen MR) is 92.9 cm³/mol. The predicted octanol–water partition coefficient (Wildman–Crippen LogP) is 3.20. The summed E-state index contributed by atoms with van der Waals surface area (Å²) in [6.45, 7) is 9.56. The van der Waals surface area contributed by atoms with Crippen molar-refractivity contribution in [2.45, 2.75) is 65.8 Å². The van der Waals surface area contributed by atoms with Crippen LogP contribution in [0.25, 0.3) is 0 Å². The van der Waals surface area contributed by atoms with Crippen molar-refractivity contribution < 1.29 is 9.59 Å². The normalized spacial score (nSPS) is 21.7. The lowest BCUT2D eigenvalue weighted by atomic mass is 9.91. The Morgan fingerprint density at radius 2 is 2.09 bits per heavy atom. The van der Waals surface area contributed by atoms with Crippen LogP contribution in [0.15, 0.2) is 23.3 Å². The van der Waals surface area contributed by atoms with Gasteiger partial charge in [0.05, 0.1) is 0 Å². The minimum Gasteiger partial charge on any atom is -0.350 e. The van der Waals surface area contributed by atoms with E-state index in [9.17, 15) is 9.59 Å². The largest absolute Gasteiger partial charge is 0.350 e.